The number of nitrogens with zero attached hydrogens (tertiary/aromatic N) is 2. The topological polar surface area (TPSA) is 67.4 Å². The van der Waals surface area contributed by atoms with Crippen LogP contribution in [0, 0.1) is 0 Å². The summed E-state index contributed by atoms with van der Waals surface area (Å²) in [5.74, 6) is 2.31. The maximum atomic E-state index is 5.74. The number of aliphatic imine (C=N–C) groups is 1. The minimum Gasteiger partial charge on any atom is -0.493 e. The first-order valence-corrected chi connectivity index (χ1v) is 11.7. The molecule has 3 rings (SSSR count). The van der Waals surface area contributed by atoms with E-state index in [1.807, 2.05) is 12.1 Å². The summed E-state index contributed by atoms with van der Waals surface area (Å²) >= 11 is 1.80. The molecule has 2 heterocycles. The smallest absolute Gasteiger partial charge is 0.191 e. The first-order valence-electron chi connectivity index (χ1n) is 10.8. The second-order valence-electron chi connectivity index (χ2n) is 7.32. The monoisotopic (exact) mass is 574 g/mol. The molecule has 9 heteroatoms. The van der Waals surface area contributed by atoms with Crippen LogP contribution in [0.2, 0.25) is 0 Å². The molecule has 1 unspecified atom stereocenters. The SMILES string of the molecule is CCCOc1ccc(CNC(=NC)NCC(c2cccs2)N2CCOCC2)cc1OC.I. The molecule has 0 radical (unpaired) electrons. The van der Waals surface area contributed by atoms with Crippen LogP contribution in [0.25, 0.3) is 0 Å². The number of thiophene rings is 1. The summed E-state index contributed by atoms with van der Waals surface area (Å²) in [6.45, 7) is 7.66. The molecule has 0 bridgehead atoms. The average molecular weight is 575 g/mol. The van der Waals surface area contributed by atoms with Crippen LogP contribution in [0.1, 0.15) is 29.8 Å². The van der Waals surface area contributed by atoms with E-state index in [2.05, 4.69) is 51.0 Å². The zero-order valence-electron chi connectivity index (χ0n) is 19.1. The third-order valence-electron chi connectivity index (χ3n) is 5.19. The van der Waals surface area contributed by atoms with E-state index in [0.29, 0.717) is 19.2 Å². The molecule has 7 nitrogen and oxygen atoms in total. The highest BCUT2D eigenvalue weighted by molar-refractivity contribution is 14.0. The standard InChI is InChI=1S/C23H34N4O3S.HI/c1-4-11-30-20-8-7-18(15-21(20)28-3)16-25-23(24-2)26-17-19(22-6-5-14-31-22)27-9-12-29-13-10-27;/h5-8,14-15,19H,4,9-13,16-17H2,1-3H3,(H2,24,25,26);1H. The van der Waals surface area contributed by atoms with Crippen molar-refractivity contribution in [2.75, 3.05) is 53.6 Å². The molecule has 1 atom stereocenters. The minimum absolute atomic E-state index is 0. The van der Waals surface area contributed by atoms with Gasteiger partial charge in [0.15, 0.2) is 17.5 Å². The van der Waals surface area contributed by atoms with E-state index in [1.54, 1.807) is 25.5 Å². The molecule has 32 heavy (non-hydrogen) atoms. The summed E-state index contributed by atoms with van der Waals surface area (Å²) in [4.78, 5) is 8.24. The lowest BCUT2D eigenvalue weighted by molar-refractivity contribution is 0.0177. The summed E-state index contributed by atoms with van der Waals surface area (Å²) in [7, 11) is 3.47. The summed E-state index contributed by atoms with van der Waals surface area (Å²) in [6, 6.07) is 10.6. The van der Waals surface area contributed by atoms with Gasteiger partial charge in [0.05, 0.1) is 33.0 Å². The minimum atomic E-state index is 0. The highest BCUT2D eigenvalue weighted by Gasteiger charge is 2.23. The lowest BCUT2D eigenvalue weighted by Gasteiger charge is -2.34. The fourth-order valence-corrected chi connectivity index (χ4v) is 4.39. The lowest BCUT2D eigenvalue weighted by Crippen LogP contribution is -2.46. The zero-order chi connectivity index (χ0) is 21.9. The molecule has 1 aliphatic rings. The maximum Gasteiger partial charge on any atom is 0.191 e. The fourth-order valence-electron chi connectivity index (χ4n) is 3.53. The van der Waals surface area contributed by atoms with E-state index >= 15 is 0 Å². The zero-order valence-corrected chi connectivity index (χ0v) is 22.3. The molecule has 1 saturated heterocycles. The average Bonchev–Trinajstić information content (AvgIpc) is 3.35. The van der Waals surface area contributed by atoms with Gasteiger partial charge in [0.1, 0.15) is 0 Å². The second kappa shape index (κ2) is 14.6. The number of ether oxygens (including phenoxy) is 3. The van der Waals surface area contributed by atoms with Crippen LogP contribution in [0.3, 0.4) is 0 Å². The predicted octanol–water partition coefficient (Wildman–Crippen LogP) is 3.90. The van der Waals surface area contributed by atoms with Crippen LogP contribution in [0.5, 0.6) is 11.5 Å². The van der Waals surface area contributed by atoms with Crippen molar-refractivity contribution in [3.8, 4) is 11.5 Å². The van der Waals surface area contributed by atoms with Crippen LogP contribution in [0.15, 0.2) is 40.7 Å². The number of rotatable bonds is 10. The Labute approximate surface area is 212 Å². The van der Waals surface area contributed by atoms with Gasteiger partial charge in [0, 0.05) is 38.1 Å². The van der Waals surface area contributed by atoms with Gasteiger partial charge in [-0.2, -0.15) is 0 Å². The number of methoxy groups -OCH3 is 1. The Hall–Kier alpha value is -1.56. The number of hydrogen-bond donors (Lipinski definition) is 2. The van der Waals surface area contributed by atoms with Crippen LogP contribution in [-0.4, -0.2) is 64.5 Å². The molecule has 1 fully saturated rings. The molecule has 0 spiro atoms. The van der Waals surface area contributed by atoms with Crippen molar-refractivity contribution in [2.24, 2.45) is 4.99 Å². The number of halogens is 1. The Balaban J connectivity index is 0.00000363. The number of nitrogens with one attached hydrogen (secondary N) is 2. The van der Waals surface area contributed by atoms with Gasteiger partial charge < -0.3 is 24.8 Å². The van der Waals surface area contributed by atoms with Crippen molar-refractivity contribution in [2.45, 2.75) is 25.9 Å². The van der Waals surface area contributed by atoms with Crippen LogP contribution in [-0.2, 0) is 11.3 Å². The summed E-state index contributed by atoms with van der Waals surface area (Å²) in [6.07, 6.45) is 0.964. The molecular formula is C23H35IN4O3S. The van der Waals surface area contributed by atoms with Gasteiger partial charge in [0.2, 0.25) is 0 Å². The molecule has 2 N–H and O–H groups in total. The van der Waals surface area contributed by atoms with Crippen molar-refractivity contribution in [3.63, 3.8) is 0 Å². The highest BCUT2D eigenvalue weighted by Crippen LogP contribution is 2.28. The molecule has 1 aromatic carbocycles. The number of hydrogen-bond acceptors (Lipinski definition) is 6. The normalized spacial score (nSPS) is 15.5. The van der Waals surface area contributed by atoms with Crippen molar-refractivity contribution in [1.29, 1.82) is 0 Å². The van der Waals surface area contributed by atoms with Crippen LogP contribution < -0.4 is 20.1 Å². The van der Waals surface area contributed by atoms with Crippen molar-refractivity contribution in [1.82, 2.24) is 15.5 Å². The number of benzene rings is 1. The third-order valence-corrected chi connectivity index (χ3v) is 6.17. The van der Waals surface area contributed by atoms with Crippen LogP contribution in [0.4, 0.5) is 0 Å². The Kier molecular flexibility index (Phi) is 12.1. The Morgan fingerprint density at radius 1 is 1.22 bits per heavy atom. The Bertz CT molecular complexity index is 814. The van der Waals surface area contributed by atoms with Gasteiger partial charge in [-0.25, -0.2) is 0 Å². The molecule has 1 aliphatic heterocycles. The van der Waals surface area contributed by atoms with E-state index in [9.17, 15) is 0 Å². The van der Waals surface area contributed by atoms with Gasteiger partial charge in [-0.05, 0) is 35.6 Å². The highest BCUT2D eigenvalue weighted by atomic mass is 127. The van der Waals surface area contributed by atoms with E-state index in [4.69, 9.17) is 14.2 Å². The fraction of sp³-hybridized carbons (Fsp3) is 0.522. The Morgan fingerprint density at radius 3 is 2.69 bits per heavy atom. The maximum absolute atomic E-state index is 5.74. The molecule has 178 valence electrons. The van der Waals surface area contributed by atoms with Crippen molar-refractivity contribution in [3.05, 3.63) is 46.2 Å². The summed E-state index contributed by atoms with van der Waals surface area (Å²) < 4.78 is 16.8. The first kappa shape index (κ1) is 26.7. The predicted molar refractivity (Wildman–Crippen MR) is 142 cm³/mol. The quantitative estimate of drug-likeness (QED) is 0.255. The molecule has 0 aliphatic carbocycles. The van der Waals surface area contributed by atoms with Gasteiger partial charge in [-0.15, -0.1) is 35.3 Å². The van der Waals surface area contributed by atoms with E-state index < -0.39 is 0 Å². The molecule has 1 aromatic heterocycles. The molecule has 0 amide bonds. The lowest BCUT2D eigenvalue weighted by atomic mass is 10.2. The third kappa shape index (κ3) is 7.79. The summed E-state index contributed by atoms with van der Waals surface area (Å²) in [5, 5.41) is 9.04. The summed E-state index contributed by atoms with van der Waals surface area (Å²) in [5.41, 5.74) is 1.10. The Morgan fingerprint density at radius 2 is 2.03 bits per heavy atom. The van der Waals surface area contributed by atoms with E-state index in [0.717, 1.165) is 62.3 Å². The molecular weight excluding hydrogens is 539 g/mol. The van der Waals surface area contributed by atoms with E-state index in [-0.39, 0.29) is 24.0 Å². The first-order chi connectivity index (χ1) is 15.2. The number of morpholine rings is 1. The van der Waals surface area contributed by atoms with Gasteiger partial charge in [0.25, 0.3) is 0 Å². The number of guanidine groups is 1. The van der Waals surface area contributed by atoms with E-state index in [1.165, 1.54) is 4.88 Å². The molecule has 2 aromatic rings. The van der Waals surface area contributed by atoms with Crippen LogP contribution >= 0.6 is 35.3 Å². The molecule has 0 saturated carbocycles. The van der Waals surface area contributed by atoms with Crippen molar-refractivity contribution >= 4 is 41.3 Å². The van der Waals surface area contributed by atoms with Gasteiger partial charge in [-0.3, -0.25) is 9.89 Å². The van der Waals surface area contributed by atoms with Gasteiger partial charge >= 0.3 is 0 Å². The van der Waals surface area contributed by atoms with Crippen molar-refractivity contribution < 1.29 is 14.2 Å². The largest absolute Gasteiger partial charge is 0.493 e. The second-order valence-corrected chi connectivity index (χ2v) is 8.30. The van der Waals surface area contributed by atoms with Gasteiger partial charge in [-0.1, -0.05) is 19.1 Å².